The minimum Gasteiger partial charge on any atom is -0.475 e. The molecule has 4 heterocycles. The van der Waals surface area contributed by atoms with E-state index in [1.165, 1.54) is 0 Å². The van der Waals surface area contributed by atoms with Crippen molar-refractivity contribution in [2.24, 2.45) is 5.41 Å². The van der Waals surface area contributed by atoms with Crippen LogP contribution in [0.3, 0.4) is 0 Å². The third kappa shape index (κ3) is 6.34. The Balaban J connectivity index is 0.000000429. The van der Waals surface area contributed by atoms with Crippen LogP contribution in [-0.4, -0.2) is 68.5 Å². The quantitative estimate of drug-likeness (QED) is 0.705. The van der Waals surface area contributed by atoms with Gasteiger partial charge in [-0.05, 0) is 57.4 Å². The number of halogens is 3. The summed E-state index contributed by atoms with van der Waals surface area (Å²) in [4.78, 5) is 47.7. The maximum atomic E-state index is 13.3. The van der Waals surface area contributed by atoms with Gasteiger partial charge in [-0.1, -0.05) is 12.1 Å². The Morgan fingerprint density at radius 1 is 1.03 bits per heavy atom. The zero-order chi connectivity index (χ0) is 25.8. The smallest absolute Gasteiger partial charge is 0.475 e. The lowest BCUT2D eigenvalue weighted by molar-refractivity contribution is -0.192. The van der Waals surface area contributed by atoms with Crippen LogP contribution in [0, 0.1) is 19.3 Å². The minimum atomic E-state index is -5.08. The summed E-state index contributed by atoms with van der Waals surface area (Å²) in [7, 11) is 0. The van der Waals surface area contributed by atoms with E-state index in [2.05, 4.69) is 9.97 Å². The molecule has 0 bridgehead atoms. The van der Waals surface area contributed by atoms with Gasteiger partial charge in [0.1, 0.15) is 5.69 Å². The number of alkyl halides is 3. The number of hydrogen-bond acceptors (Lipinski definition) is 5. The summed E-state index contributed by atoms with van der Waals surface area (Å²) in [5, 5.41) is 7.12. The molecule has 188 valence electrons. The van der Waals surface area contributed by atoms with E-state index in [9.17, 15) is 22.8 Å². The Morgan fingerprint density at radius 2 is 1.66 bits per heavy atom. The number of nitrogens with zero attached hydrogens (tertiary/aromatic N) is 4. The highest BCUT2D eigenvalue weighted by molar-refractivity contribution is 5.93. The second kappa shape index (κ2) is 10.4. The summed E-state index contributed by atoms with van der Waals surface area (Å²) in [5.41, 5.74) is 2.70. The van der Waals surface area contributed by atoms with Crippen LogP contribution in [0.2, 0.25) is 0 Å². The van der Waals surface area contributed by atoms with Crippen LogP contribution >= 0.6 is 0 Å². The molecule has 8 nitrogen and oxygen atoms in total. The molecule has 11 heteroatoms. The van der Waals surface area contributed by atoms with Crippen LogP contribution in [0.15, 0.2) is 36.4 Å². The monoisotopic (exact) mass is 492 g/mol. The van der Waals surface area contributed by atoms with Crippen molar-refractivity contribution in [3.05, 3.63) is 59.2 Å². The van der Waals surface area contributed by atoms with Crippen molar-refractivity contribution in [3.8, 4) is 0 Å². The zero-order valence-electron chi connectivity index (χ0n) is 19.5. The highest BCUT2D eigenvalue weighted by Crippen LogP contribution is 2.41. The molecule has 2 fully saturated rings. The number of carbonyl (C=O) groups excluding carboxylic acids is 2. The normalized spacial score (nSPS) is 20.0. The van der Waals surface area contributed by atoms with E-state index >= 15 is 0 Å². The van der Waals surface area contributed by atoms with Gasteiger partial charge in [0.05, 0.1) is 17.7 Å². The summed E-state index contributed by atoms with van der Waals surface area (Å²) in [6.45, 7) is 6.27. The molecule has 2 saturated heterocycles. The number of carboxylic acid groups (broad SMARTS) is 1. The molecule has 2 amide bonds. The molecule has 1 N–H and O–H groups in total. The van der Waals surface area contributed by atoms with E-state index in [-0.39, 0.29) is 11.8 Å². The molecule has 1 spiro atoms. The van der Waals surface area contributed by atoms with Crippen molar-refractivity contribution in [3.63, 3.8) is 0 Å². The molecule has 0 radical (unpaired) electrons. The number of amides is 2. The van der Waals surface area contributed by atoms with Gasteiger partial charge in [0.25, 0.3) is 5.91 Å². The number of rotatable bonds is 3. The second-order valence-corrected chi connectivity index (χ2v) is 8.82. The Kier molecular flexibility index (Phi) is 7.76. The lowest BCUT2D eigenvalue weighted by Gasteiger charge is -2.39. The SMILES string of the molecule is Cc1cccc(CN2CCC3(CCCN(C(=O)c4cccc(C)n4)C3)C2=O)n1.O=C(O)C(F)(F)F. The van der Waals surface area contributed by atoms with Crippen molar-refractivity contribution in [1.82, 2.24) is 19.8 Å². The molecule has 2 aromatic heterocycles. The summed E-state index contributed by atoms with van der Waals surface area (Å²) in [5.74, 6) is -2.67. The number of aliphatic carboxylic acids is 1. The third-order valence-electron chi connectivity index (χ3n) is 6.11. The topological polar surface area (TPSA) is 104 Å². The molecule has 2 aliphatic rings. The first-order valence-electron chi connectivity index (χ1n) is 11.2. The standard InChI is InChI=1S/C22H26N4O2.C2HF3O2/c1-16-6-3-8-18(23-16)14-25-13-11-22(21(25)28)10-5-12-26(15-22)20(27)19-9-4-7-17(2)24-19;3-2(4,5)1(6)7/h3-4,6-9H,5,10-15H2,1-2H3;(H,6,7). The summed E-state index contributed by atoms with van der Waals surface area (Å²) < 4.78 is 31.7. The van der Waals surface area contributed by atoms with Crippen molar-refractivity contribution in [2.75, 3.05) is 19.6 Å². The lowest BCUT2D eigenvalue weighted by atomic mass is 9.78. The third-order valence-corrected chi connectivity index (χ3v) is 6.11. The van der Waals surface area contributed by atoms with E-state index in [0.29, 0.717) is 25.3 Å². The number of carbonyl (C=O) groups is 3. The number of aryl methyl sites for hydroxylation is 2. The highest BCUT2D eigenvalue weighted by atomic mass is 19.4. The molecule has 0 saturated carbocycles. The predicted octanol–water partition coefficient (Wildman–Crippen LogP) is 3.38. The Bertz CT molecular complexity index is 1110. The minimum absolute atomic E-state index is 0.0747. The average Bonchev–Trinajstić information content (AvgIpc) is 3.08. The van der Waals surface area contributed by atoms with Crippen LogP contribution in [-0.2, 0) is 16.1 Å². The fraction of sp³-hybridized carbons (Fsp3) is 0.458. The van der Waals surface area contributed by atoms with Crippen molar-refractivity contribution in [1.29, 1.82) is 0 Å². The van der Waals surface area contributed by atoms with Gasteiger partial charge in [0.2, 0.25) is 5.91 Å². The molecule has 4 rings (SSSR count). The molecule has 1 unspecified atom stereocenters. The molecule has 0 aliphatic carbocycles. The van der Waals surface area contributed by atoms with Gasteiger partial charge in [-0.15, -0.1) is 0 Å². The second-order valence-electron chi connectivity index (χ2n) is 8.82. The summed E-state index contributed by atoms with van der Waals surface area (Å²) in [6, 6.07) is 11.4. The molecular formula is C24H27F3N4O4. The van der Waals surface area contributed by atoms with E-state index < -0.39 is 17.6 Å². The first kappa shape index (κ1) is 26.1. The fourth-order valence-corrected chi connectivity index (χ4v) is 4.43. The number of likely N-dealkylation sites (tertiary alicyclic amines) is 2. The van der Waals surface area contributed by atoms with E-state index in [4.69, 9.17) is 9.90 Å². The van der Waals surface area contributed by atoms with Crippen LogP contribution in [0.1, 0.15) is 46.8 Å². The zero-order valence-corrected chi connectivity index (χ0v) is 19.5. The van der Waals surface area contributed by atoms with E-state index in [1.54, 1.807) is 6.07 Å². The maximum Gasteiger partial charge on any atom is 0.490 e. The van der Waals surface area contributed by atoms with Crippen LogP contribution in [0.5, 0.6) is 0 Å². The van der Waals surface area contributed by atoms with Crippen molar-refractivity contribution < 1.29 is 32.7 Å². The molecule has 35 heavy (non-hydrogen) atoms. The maximum absolute atomic E-state index is 13.3. The van der Waals surface area contributed by atoms with E-state index in [1.807, 2.05) is 54.0 Å². The molecular weight excluding hydrogens is 465 g/mol. The average molecular weight is 492 g/mol. The van der Waals surface area contributed by atoms with Gasteiger partial charge in [0, 0.05) is 31.0 Å². The van der Waals surface area contributed by atoms with E-state index in [0.717, 1.165) is 42.9 Å². The summed E-state index contributed by atoms with van der Waals surface area (Å²) >= 11 is 0. The van der Waals surface area contributed by atoms with Gasteiger partial charge in [0.15, 0.2) is 0 Å². The van der Waals surface area contributed by atoms with Gasteiger partial charge >= 0.3 is 12.1 Å². The van der Waals surface area contributed by atoms with Crippen LogP contribution in [0.25, 0.3) is 0 Å². The van der Waals surface area contributed by atoms with Crippen molar-refractivity contribution in [2.45, 2.75) is 45.8 Å². The van der Waals surface area contributed by atoms with Gasteiger partial charge < -0.3 is 14.9 Å². The fourth-order valence-electron chi connectivity index (χ4n) is 4.43. The van der Waals surface area contributed by atoms with Crippen molar-refractivity contribution >= 4 is 17.8 Å². The number of pyridine rings is 2. The molecule has 0 aromatic carbocycles. The molecule has 2 aliphatic heterocycles. The number of aromatic nitrogens is 2. The van der Waals surface area contributed by atoms with Crippen LogP contribution < -0.4 is 0 Å². The van der Waals surface area contributed by atoms with Gasteiger partial charge in [-0.3, -0.25) is 14.6 Å². The summed E-state index contributed by atoms with van der Waals surface area (Å²) in [6.07, 6.45) is -2.60. The number of piperidine rings is 1. The lowest BCUT2D eigenvalue weighted by Crippen LogP contribution is -2.50. The predicted molar refractivity (Wildman–Crippen MR) is 119 cm³/mol. The van der Waals surface area contributed by atoms with Gasteiger partial charge in [-0.25, -0.2) is 9.78 Å². The Labute approximate surface area is 200 Å². The van der Waals surface area contributed by atoms with Crippen LogP contribution in [0.4, 0.5) is 13.2 Å². The first-order valence-corrected chi connectivity index (χ1v) is 11.2. The molecule has 1 atom stereocenters. The number of carboxylic acids is 1. The highest BCUT2D eigenvalue weighted by Gasteiger charge is 2.49. The Hall–Kier alpha value is -3.50. The first-order chi connectivity index (χ1) is 16.4. The number of hydrogen-bond donors (Lipinski definition) is 1. The largest absolute Gasteiger partial charge is 0.490 e. The van der Waals surface area contributed by atoms with Gasteiger partial charge in [-0.2, -0.15) is 13.2 Å². The molecule has 2 aromatic rings. The Morgan fingerprint density at radius 3 is 2.26 bits per heavy atom.